The molecule has 3 fully saturated rings. The Balaban J connectivity index is 1.72. The molecule has 204 valence electrons. The van der Waals surface area contributed by atoms with Gasteiger partial charge in [-0.25, -0.2) is 0 Å². The maximum Gasteiger partial charge on any atom is 0.160 e. The molecule has 0 radical (unpaired) electrons. The summed E-state index contributed by atoms with van der Waals surface area (Å²) in [6.45, 7) is 15.7. The van der Waals surface area contributed by atoms with Crippen LogP contribution in [0.15, 0.2) is 11.1 Å². The van der Waals surface area contributed by atoms with E-state index in [1.807, 2.05) is 6.92 Å². The van der Waals surface area contributed by atoms with Gasteiger partial charge in [0.1, 0.15) is 11.9 Å². The monoisotopic (exact) mass is 504 g/mol. The van der Waals surface area contributed by atoms with Gasteiger partial charge >= 0.3 is 0 Å². The lowest BCUT2D eigenvalue weighted by Gasteiger charge is -2.68. The summed E-state index contributed by atoms with van der Waals surface area (Å²) < 4.78 is 0. The fourth-order valence-corrected chi connectivity index (χ4v) is 9.62. The second kappa shape index (κ2) is 8.46. The number of Topliss-reactive ketones (excluding diaryl/α,β-unsaturated/α-hetero) is 2. The van der Waals surface area contributed by atoms with Gasteiger partial charge in [0.2, 0.25) is 0 Å². The van der Waals surface area contributed by atoms with Crippen molar-refractivity contribution in [3.05, 3.63) is 11.1 Å². The SMILES string of the molecule is CC(CC(O)C(O)C(C)(C)O)C1=C2CC(O)C3C4(C)CCC(=O)C(C)(C)C4CCC3(C)C2(C)CC1=O. The molecule has 6 nitrogen and oxygen atoms in total. The Morgan fingerprint density at radius 3 is 2.25 bits per heavy atom. The summed E-state index contributed by atoms with van der Waals surface area (Å²) in [5.74, 6) is 0.305. The van der Waals surface area contributed by atoms with Crippen LogP contribution in [0, 0.1) is 39.4 Å². The summed E-state index contributed by atoms with van der Waals surface area (Å²) >= 11 is 0. The molecule has 4 rings (SSSR count). The minimum Gasteiger partial charge on any atom is -0.392 e. The first-order chi connectivity index (χ1) is 16.3. The van der Waals surface area contributed by atoms with Gasteiger partial charge in [0, 0.05) is 23.7 Å². The van der Waals surface area contributed by atoms with Crippen molar-refractivity contribution in [1.82, 2.24) is 0 Å². The Bertz CT molecular complexity index is 974. The largest absolute Gasteiger partial charge is 0.392 e. The van der Waals surface area contributed by atoms with E-state index < -0.39 is 34.7 Å². The van der Waals surface area contributed by atoms with Gasteiger partial charge in [-0.05, 0) is 80.1 Å². The first kappa shape index (κ1) is 27.9. The van der Waals surface area contributed by atoms with E-state index in [0.717, 1.165) is 24.8 Å². The molecule has 0 aromatic rings. The molecule has 0 aromatic heterocycles. The van der Waals surface area contributed by atoms with E-state index in [9.17, 15) is 30.0 Å². The van der Waals surface area contributed by atoms with Crippen molar-refractivity contribution in [2.24, 2.45) is 39.4 Å². The third-order valence-electron chi connectivity index (χ3n) is 11.7. The lowest BCUT2D eigenvalue weighted by molar-refractivity contribution is -0.208. The standard InChI is InChI=1S/C30H48O6/c1-16(13-19(32)25(35)27(4,5)36)23-17-14-18(31)24-28(6)11-10-22(34)26(2,3)21(28)9-12-29(24,7)30(17,8)15-20(23)33/h16,18-19,21,24-25,31-32,35-36H,9-15H2,1-8H3. The predicted molar refractivity (Wildman–Crippen MR) is 138 cm³/mol. The van der Waals surface area contributed by atoms with E-state index >= 15 is 0 Å². The number of hydrogen-bond acceptors (Lipinski definition) is 6. The van der Waals surface area contributed by atoms with Gasteiger partial charge in [-0.3, -0.25) is 9.59 Å². The molecule has 3 saturated carbocycles. The van der Waals surface area contributed by atoms with Crippen molar-refractivity contribution in [2.75, 3.05) is 0 Å². The molecular formula is C30H48O6. The van der Waals surface area contributed by atoms with E-state index in [1.165, 1.54) is 13.8 Å². The van der Waals surface area contributed by atoms with Crippen LogP contribution in [0.1, 0.15) is 100 Å². The Hall–Kier alpha value is -1.08. The van der Waals surface area contributed by atoms with Crippen LogP contribution < -0.4 is 0 Å². The zero-order chi connectivity index (χ0) is 27.2. The average Bonchev–Trinajstić information content (AvgIpc) is 3.00. The van der Waals surface area contributed by atoms with E-state index in [0.29, 0.717) is 30.6 Å². The molecular weight excluding hydrogens is 456 g/mol. The number of ketones is 2. The minimum absolute atomic E-state index is 0.00469. The van der Waals surface area contributed by atoms with E-state index in [2.05, 4.69) is 34.6 Å². The third kappa shape index (κ3) is 3.72. The molecule has 0 amide bonds. The maximum absolute atomic E-state index is 13.6. The van der Waals surface area contributed by atoms with Gasteiger partial charge in [0.25, 0.3) is 0 Å². The summed E-state index contributed by atoms with van der Waals surface area (Å²) in [5.41, 5.74) is -0.998. The van der Waals surface area contributed by atoms with Gasteiger partial charge in [0.15, 0.2) is 5.78 Å². The van der Waals surface area contributed by atoms with Gasteiger partial charge in [-0.1, -0.05) is 47.1 Å². The van der Waals surface area contributed by atoms with Crippen LogP contribution in [-0.4, -0.2) is 55.9 Å². The summed E-state index contributed by atoms with van der Waals surface area (Å²) in [6.07, 6.45) is 1.01. The van der Waals surface area contributed by atoms with Crippen LogP contribution in [-0.2, 0) is 9.59 Å². The molecule has 6 heteroatoms. The summed E-state index contributed by atoms with van der Waals surface area (Å²) in [5, 5.41) is 42.9. The Kier molecular flexibility index (Phi) is 6.57. The Morgan fingerprint density at radius 2 is 1.67 bits per heavy atom. The maximum atomic E-state index is 13.6. The lowest BCUT2D eigenvalue weighted by atomic mass is 9.36. The molecule has 0 heterocycles. The fraction of sp³-hybridized carbons (Fsp3) is 0.867. The van der Waals surface area contributed by atoms with Crippen LogP contribution in [0.5, 0.6) is 0 Å². The highest BCUT2D eigenvalue weighted by molar-refractivity contribution is 6.00. The van der Waals surface area contributed by atoms with Crippen LogP contribution in [0.4, 0.5) is 0 Å². The van der Waals surface area contributed by atoms with Gasteiger partial charge in [0.05, 0.1) is 17.8 Å². The normalized spacial score (nSPS) is 42.9. The summed E-state index contributed by atoms with van der Waals surface area (Å²) in [4.78, 5) is 26.5. The topological polar surface area (TPSA) is 115 Å². The highest BCUT2D eigenvalue weighted by Gasteiger charge is 2.70. The summed E-state index contributed by atoms with van der Waals surface area (Å²) in [7, 11) is 0. The van der Waals surface area contributed by atoms with Gasteiger partial charge < -0.3 is 20.4 Å². The van der Waals surface area contributed by atoms with Crippen LogP contribution in [0.25, 0.3) is 0 Å². The number of allylic oxidation sites excluding steroid dienone is 1. The second-order valence-corrected chi connectivity index (χ2v) is 14.5. The second-order valence-electron chi connectivity index (χ2n) is 14.5. The van der Waals surface area contributed by atoms with E-state index in [1.54, 1.807) is 0 Å². The molecule has 4 aliphatic carbocycles. The van der Waals surface area contributed by atoms with Crippen LogP contribution >= 0.6 is 0 Å². The highest BCUT2D eigenvalue weighted by Crippen LogP contribution is 2.73. The highest BCUT2D eigenvalue weighted by atomic mass is 16.4. The fourth-order valence-electron chi connectivity index (χ4n) is 9.62. The van der Waals surface area contributed by atoms with Crippen molar-refractivity contribution in [3.8, 4) is 0 Å². The Labute approximate surface area is 216 Å². The minimum atomic E-state index is -1.45. The molecule has 0 saturated heterocycles. The summed E-state index contributed by atoms with van der Waals surface area (Å²) in [6, 6.07) is 0. The molecule has 36 heavy (non-hydrogen) atoms. The van der Waals surface area contributed by atoms with Crippen molar-refractivity contribution < 1.29 is 30.0 Å². The molecule has 0 bridgehead atoms. The number of aliphatic hydroxyl groups excluding tert-OH is 3. The van der Waals surface area contributed by atoms with E-state index in [4.69, 9.17) is 0 Å². The smallest absolute Gasteiger partial charge is 0.160 e. The number of aliphatic hydroxyl groups is 4. The zero-order valence-electron chi connectivity index (χ0n) is 23.5. The first-order valence-corrected chi connectivity index (χ1v) is 13.9. The number of fused-ring (bicyclic) bond motifs is 5. The van der Waals surface area contributed by atoms with Gasteiger partial charge in [-0.15, -0.1) is 0 Å². The molecule has 4 aliphatic rings. The molecule has 9 unspecified atom stereocenters. The number of carbonyl (C=O) groups excluding carboxylic acids is 2. The Morgan fingerprint density at radius 1 is 1.06 bits per heavy atom. The van der Waals surface area contributed by atoms with Gasteiger partial charge in [-0.2, -0.15) is 0 Å². The quantitative estimate of drug-likeness (QED) is 0.450. The predicted octanol–water partition coefficient (Wildman–Crippen LogP) is 3.97. The molecule has 0 aliphatic heterocycles. The molecule has 0 spiro atoms. The zero-order valence-corrected chi connectivity index (χ0v) is 23.5. The lowest BCUT2D eigenvalue weighted by Crippen LogP contribution is -2.65. The van der Waals surface area contributed by atoms with Crippen molar-refractivity contribution >= 4 is 11.6 Å². The van der Waals surface area contributed by atoms with Crippen LogP contribution in [0.2, 0.25) is 0 Å². The van der Waals surface area contributed by atoms with Crippen molar-refractivity contribution in [2.45, 2.75) is 124 Å². The number of hydrogen-bond donors (Lipinski definition) is 4. The van der Waals surface area contributed by atoms with Crippen molar-refractivity contribution in [1.29, 1.82) is 0 Å². The van der Waals surface area contributed by atoms with Crippen LogP contribution in [0.3, 0.4) is 0 Å². The van der Waals surface area contributed by atoms with E-state index in [-0.39, 0.29) is 40.8 Å². The molecule has 0 aromatic carbocycles. The third-order valence-corrected chi connectivity index (χ3v) is 11.7. The molecule has 9 atom stereocenters. The number of carbonyl (C=O) groups is 2. The average molecular weight is 505 g/mol. The molecule has 4 N–H and O–H groups in total. The van der Waals surface area contributed by atoms with Crippen molar-refractivity contribution in [3.63, 3.8) is 0 Å². The number of rotatable bonds is 5. The first-order valence-electron chi connectivity index (χ1n) is 13.9.